The lowest BCUT2D eigenvalue weighted by Crippen LogP contribution is -2.25. The maximum atomic E-state index is 12.1. The van der Waals surface area contributed by atoms with Gasteiger partial charge in [-0.15, -0.1) is 0 Å². The number of amides is 1. The van der Waals surface area contributed by atoms with Crippen LogP contribution < -0.4 is 19.5 Å². The summed E-state index contributed by atoms with van der Waals surface area (Å²) in [6.07, 6.45) is 0. The number of alkyl halides is 1. The summed E-state index contributed by atoms with van der Waals surface area (Å²) in [7, 11) is 0. The second-order valence-corrected chi connectivity index (χ2v) is 4.84. The van der Waals surface area contributed by atoms with E-state index < -0.39 is 0 Å². The van der Waals surface area contributed by atoms with Gasteiger partial charge in [-0.25, -0.2) is 0 Å². The Kier molecular flexibility index (Phi) is 7.97. The molecule has 0 saturated carbocycles. The van der Waals surface area contributed by atoms with Crippen LogP contribution in [-0.4, -0.2) is 37.6 Å². The smallest absolute Gasteiger partial charge is 0.251 e. The van der Waals surface area contributed by atoms with Crippen molar-refractivity contribution in [3.63, 3.8) is 0 Å². The Morgan fingerprint density at radius 2 is 1.57 bits per heavy atom. The highest BCUT2D eigenvalue weighted by Crippen LogP contribution is 2.39. The lowest BCUT2D eigenvalue weighted by atomic mass is 10.1. The number of carbonyl (C=O) groups is 1. The standard InChI is InChI=1S/C15H22BrNO4/c1-4-19-12-9-11(15(18)17-8-7-16)10-13(20-5-2)14(12)21-6-3/h9-10H,4-8H2,1-3H3,(H,17,18). The number of nitrogens with one attached hydrogen (secondary N) is 1. The van der Waals surface area contributed by atoms with Crippen LogP contribution in [-0.2, 0) is 0 Å². The second kappa shape index (κ2) is 9.50. The average molecular weight is 360 g/mol. The third kappa shape index (κ3) is 5.12. The van der Waals surface area contributed by atoms with Crippen molar-refractivity contribution >= 4 is 21.8 Å². The summed E-state index contributed by atoms with van der Waals surface area (Å²) in [6, 6.07) is 3.36. The molecular weight excluding hydrogens is 338 g/mol. The van der Waals surface area contributed by atoms with E-state index >= 15 is 0 Å². The monoisotopic (exact) mass is 359 g/mol. The van der Waals surface area contributed by atoms with Gasteiger partial charge in [0.05, 0.1) is 19.8 Å². The van der Waals surface area contributed by atoms with Gasteiger partial charge in [-0.1, -0.05) is 15.9 Å². The summed E-state index contributed by atoms with van der Waals surface area (Å²) in [6.45, 7) is 7.68. The molecule has 0 unspecified atom stereocenters. The Morgan fingerprint density at radius 3 is 2.00 bits per heavy atom. The Hall–Kier alpha value is -1.43. The van der Waals surface area contributed by atoms with Crippen molar-refractivity contribution in [2.75, 3.05) is 31.7 Å². The molecule has 0 aliphatic heterocycles. The van der Waals surface area contributed by atoms with Gasteiger partial charge in [-0.3, -0.25) is 4.79 Å². The van der Waals surface area contributed by atoms with Gasteiger partial charge >= 0.3 is 0 Å². The second-order valence-electron chi connectivity index (χ2n) is 4.05. The molecule has 0 atom stereocenters. The first-order valence-electron chi connectivity index (χ1n) is 7.08. The summed E-state index contributed by atoms with van der Waals surface area (Å²) < 4.78 is 16.8. The van der Waals surface area contributed by atoms with Crippen LogP contribution >= 0.6 is 15.9 Å². The minimum absolute atomic E-state index is 0.167. The summed E-state index contributed by atoms with van der Waals surface area (Å²) in [4.78, 5) is 12.1. The van der Waals surface area contributed by atoms with Gasteiger partial charge in [0.1, 0.15) is 0 Å². The topological polar surface area (TPSA) is 56.8 Å². The molecule has 118 valence electrons. The highest BCUT2D eigenvalue weighted by atomic mass is 79.9. The van der Waals surface area contributed by atoms with E-state index in [0.717, 1.165) is 0 Å². The van der Waals surface area contributed by atoms with Gasteiger partial charge in [0.2, 0.25) is 5.75 Å². The Morgan fingerprint density at radius 1 is 1.05 bits per heavy atom. The molecule has 0 heterocycles. The number of rotatable bonds is 9. The molecule has 0 aromatic heterocycles. The molecule has 5 nitrogen and oxygen atoms in total. The van der Waals surface area contributed by atoms with Crippen LogP contribution in [0.4, 0.5) is 0 Å². The molecule has 1 rings (SSSR count). The normalized spacial score (nSPS) is 10.1. The lowest BCUT2D eigenvalue weighted by molar-refractivity contribution is 0.0955. The minimum Gasteiger partial charge on any atom is -0.490 e. The molecule has 0 aliphatic carbocycles. The molecule has 1 aromatic rings. The molecule has 1 aromatic carbocycles. The fourth-order valence-electron chi connectivity index (χ4n) is 1.78. The molecule has 0 bridgehead atoms. The zero-order valence-electron chi connectivity index (χ0n) is 12.7. The van der Waals surface area contributed by atoms with Crippen molar-refractivity contribution in [1.82, 2.24) is 5.32 Å². The molecule has 0 aliphatic rings. The number of halogens is 1. The van der Waals surface area contributed by atoms with E-state index in [4.69, 9.17) is 14.2 Å². The van der Waals surface area contributed by atoms with E-state index in [1.54, 1.807) is 12.1 Å². The number of benzene rings is 1. The van der Waals surface area contributed by atoms with Crippen LogP contribution in [0.2, 0.25) is 0 Å². The van der Waals surface area contributed by atoms with E-state index in [9.17, 15) is 4.79 Å². The maximum Gasteiger partial charge on any atom is 0.251 e. The molecule has 0 fully saturated rings. The van der Waals surface area contributed by atoms with E-state index in [0.29, 0.717) is 54.5 Å². The molecule has 1 N–H and O–H groups in total. The fourth-order valence-corrected chi connectivity index (χ4v) is 1.98. The van der Waals surface area contributed by atoms with Crippen LogP contribution in [0.5, 0.6) is 17.2 Å². The van der Waals surface area contributed by atoms with Crippen LogP contribution in [0.15, 0.2) is 12.1 Å². The van der Waals surface area contributed by atoms with Crippen LogP contribution in [0, 0.1) is 0 Å². The first-order valence-corrected chi connectivity index (χ1v) is 8.20. The first-order chi connectivity index (χ1) is 10.2. The van der Waals surface area contributed by atoms with Gasteiger partial charge in [-0.05, 0) is 32.9 Å². The summed E-state index contributed by atoms with van der Waals surface area (Å²) >= 11 is 3.28. The van der Waals surface area contributed by atoms with Crippen molar-refractivity contribution in [2.45, 2.75) is 20.8 Å². The van der Waals surface area contributed by atoms with E-state index in [1.807, 2.05) is 20.8 Å². The van der Waals surface area contributed by atoms with Crippen molar-refractivity contribution < 1.29 is 19.0 Å². The van der Waals surface area contributed by atoms with Crippen LogP contribution in [0.3, 0.4) is 0 Å². The number of hydrogen-bond donors (Lipinski definition) is 1. The van der Waals surface area contributed by atoms with Gasteiger partial charge in [0.25, 0.3) is 5.91 Å². The molecule has 6 heteroatoms. The highest BCUT2D eigenvalue weighted by Gasteiger charge is 2.18. The zero-order chi connectivity index (χ0) is 15.7. The fraction of sp³-hybridized carbons (Fsp3) is 0.533. The van der Waals surface area contributed by atoms with Crippen molar-refractivity contribution in [3.8, 4) is 17.2 Å². The largest absolute Gasteiger partial charge is 0.490 e. The van der Waals surface area contributed by atoms with Crippen molar-refractivity contribution in [1.29, 1.82) is 0 Å². The number of hydrogen-bond acceptors (Lipinski definition) is 4. The van der Waals surface area contributed by atoms with Crippen LogP contribution in [0.1, 0.15) is 31.1 Å². The lowest BCUT2D eigenvalue weighted by Gasteiger charge is -2.17. The molecule has 0 radical (unpaired) electrons. The average Bonchev–Trinajstić information content (AvgIpc) is 2.48. The van der Waals surface area contributed by atoms with Gasteiger partial charge < -0.3 is 19.5 Å². The minimum atomic E-state index is -0.167. The first kappa shape index (κ1) is 17.6. The number of carbonyl (C=O) groups excluding carboxylic acids is 1. The summed E-state index contributed by atoms with van der Waals surface area (Å²) in [5.74, 6) is 1.42. The van der Waals surface area contributed by atoms with Gasteiger partial charge in [0.15, 0.2) is 11.5 Å². The summed E-state index contributed by atoms with van der Waals surface area (Å²) in [5.41, 5.74) is 0.492. The summed E-state index contributed by atoms with van der Waals surface area (Å²) in [5, 5.41) is 3.50. The number of ether oxygens (including phenoxy) is 3. The highest BCUT2D eigenvalue weighted by molar-refractivity contribution is 9.09. The van der Waals surface area contributed by atoms with E-state index in [-0.39, 0.29) is 5.91 Å². The van der Waals surface area contributed by atoms with Crippen molar-refractivity contribution in [2.24, 2.45) is 0 Å². The van der Waals surface area contributed by atoms with Gasteiger partial charge in [0, 0.05) is 17.4 Å². The molecule has 1 amide bonds. The van der Waals surface area contributed by atoms with E-state index in [1.165, 1.54) is 0 Å². The SMILES string of the molecule is CCOc1cc(C(=O)NCCBr)cc(OCC)c1OCC. The predicted octanol–water partition coefficient (Wildman–Crippen LogP) is 3.01. The molecule has 0 spiro atoms. The van der Waals surface area contributed by atoms with Crippen molar-refractivity contribution in [3.05, 3.63) is 17.7 Å². The molecule has 0 saturated heterocycles. The van der Waals surface area contributed by atoms with Gasteiger partial charge in [-0.2, -0.15) is 0 Å². The van der Waals surface area contributed by atoms with Crippen LogP contribution in [0.25, 0.3) is 0 Å². The zero-order valence-corrected chi connectivity index (χ0v) is 14.3. The third-order valence-electron chi connectivity index (χ3n) is 2.55. The predicted molar refractivity (Wildman–Crippen MR) is 86.1 cm³/mol. The Balaban J connectivity index is 3.18. The Labute approximate surface area is 134 Å². The maximum absolute atomic E-state index is 12.1. The molecule has 21 heavy (non-hydrogen) atoms. The van der Waals surface area contributed by atoms with E-state index in [2.05, 4.69) is 21.2 Å². The quantitative estimate of drug-likeness (QED) is 0.688. The molecular formula is C15H22BrNO4. The third-order valence-corrected chi connectivity index (χ3v) is 2.95. The Bertz CT molecular complexity index is 438.